The predicted octanol–water partition coefficient (Wildman–Crippen LogP) is 1.59. The van der Waals surface area contributed by atoms with Crippen LogP contribution in [0.2, 0.25) is 0 Å². The van der Waals surface area contributed by atoms with Gasteiger partial charge in [0.15, 0.2) is 0 Å². The van der Waals surface area contributed by atoms with Crippen molar-refractivity contribution < 1.29 is 19.4 Å². The highest BCUT2D eigenvalue weighted by atomic mass is 16.5. The Balaban J connectivity index is 2.98. The Morgan fingerprint density at radius 1 is 1.31 bits per heavy atom. The number of hydrogen-bond acceptors (Lipinski definition) is 3. The highest BCUT2D eigenvalue weighted by Gasteiger charge is 2.36. The van der Waals surface area contributed by atoms with Gasteiger partial charge in [-0.15, -0.1) is 0 Å². The number of carbonyl (C=O) groups is 2. The summed E-state index contributed by atoms with van der Waals surface area (Å²) >= 11 is 0. The Kier molecular flexibility index (Phi) is 3.66. The van der Waals surface area contributed by atoms with E-state index in [-0.39, 0.29) is 6.61 Å². The lowest BCUT2D eigenvalue weighted by molar-refractivity contribution is -0.151. The molecule has 1 aromatic rings. The number of rotatable bonds is 4. The number of carboxylic acids is 1. The van der Waals surface area contributed by atoms with Crippen molar-refractivity contribution in [1.82, 2.24) is 0 Å². The van der Waals surface area contributed by atoms with Crippen LogP contribution < -0.4 is 0 Å². The van der Waals surface area contributed by atoms with E-state index >= 15 is 0 Å². The fourth-order valence-corrected chi connectivity index (χ4v) is 1.32. The molecule has 0 bridgehead atoms. The normalized spacial score (nSPS) is 13.9. The Morgan fingerprint density at radius 2 is 1.88 bits per heavy atom. The van der Waals surface area contributed by atoms with Crippen molar-refractivity contribution in [3.05, 3.63) is 35.9 Å². The minimum absolute atomic E-state index is 0.165. The highest BCUT2D eigenvalue weighted by Crippen LogP contribution is 2.24. The molecule has 1 unspecified atom stereocenters. The number of carboxylic acid groups (broad SMARTS) is 1. The Hall–Kier alpha value is -1.84. The largest absolute Gasteiger partial charge is 0.480 e. The van der Waals surface area contributed by atoms with E-state index in [0.29, 0.717) is 5.56 Å². The average Bonchev–Trinajstić information content (AvgIpc) is 2.26. The SMILES string of the molecule is CC(=O)OCC(C)(C(=O)O)c1ccccc1. The molecule has 0 aromatic heterocycles. The molecule has 1 N–H and O–H groups in total. The van der Waals surface area contributed by atoms with E-state index in [4.69, 9.17) is 4.74 Å². The van der Waals surface area contributed by atoms with Crippen molar-refractivity contribution in [2.24, 2.45) is 0 Å². The van der Waals surface area contributed by atoms with Crippen LogP contribution in [0.25, 0.3) is 0 Å². The zero-order valence-corrected chi connectivity index (χ0v) is 9.27. The molecular formula is C12H14O4. The molecule has 0 spiro atoms. The zero-order chi connectivity index (χ0) is 12.2. The van der Waals surface area contributed by atoms with Gasteiger partial charge in [-0.2, -0.15) is 0 Å². The van der Waals surface area contributed by atoms with Gasteiger partial charge in [0.25, 0.3) is 0 Å². The van der Waals surface area contributed by atoms with Crippen molar-refractivity contribution in [2.45, 2.75) is 19.3 Å². The van der Waals surface area contributed by atoms with E-state index in [1.54, 1.807) is 30.3 Å². The highest BCUT2D eigenvalue weighted by molar-refractivity contribution is 5.81. The van der Waals surface area contributed by atoms with Crippen LogP contribution in [-0.4, -0.2) is 23.7 Å². The summed E-state index contributed by atoms with van der Waals surface area (Å²) in [5, 5.41) is 9.21. The molecule has 1 rings (SSSR count). The van der Waals surface area contributed by atoms with Gasteiger partial charge in [0.2, 0.25) is 0 Å². The van der Waals surface area contributed by atoms with Gasteiger partial charge in [0.05, 0.1) is 0 Å². The number of esters is 1. The van der Waals surface area contributed by atoms with Gasteiger partial charge in [-0.1, -0.05) is 30.3 Å². The quantitative estimate of drug-likeness (QED) is 0.786. The lowest BCUT2D eigenvalue weighted by Gasteiger charge is -2.24. The molecule has 0 amide bonds. The van der Waals surface area contributed by atoms with Gasteiger partial charge in [0.1, 0.15) is 12.0 Å². The predicted molar refractivity (Wildman–Crippen MR) is 58.1 cm³/mol. The van der Waals surface area contributed by atoms with Gasteiger partial charge in [-0.3, -0.25) is 9.59 Å². The summed E-state index contributed by atoms with van der Waals surface area (Å²) < 4.78 is 4.80. The molecule has 1 atom stereocenters. The topological polar surface area (TPSA) is 63.6 Å². The molecule has 4 heteroatoms. The maximum Gasteiger partial charge on any atom is 0.317 e. The van der Waals surface area contributed by atoms with Crippen LogP contribution in [0.3, 0.4) is 0 Å². The average molecular weight is 222 g/mol. The lowest BCUT2D eigenvalue weighted by atomic mass is 9.83. The fourth-order valence-electron chi connectivity index (χ4n) is 1.32. The van der Waals surface area contributed by atoms with Gasteiger partial charge in [0, 0.05) is 6.92 Å². The molecule has 16 heavy (non-hydrogen) atoms. The van der Waals surface area contributed by atoms with Crippen LogP contribution in [0, 0.1) is 0 Å². The molecule has 0 aliphatic carbocycles. The molecule has 4 nitrogen and oxygen atoms in total. The summed E-state index contributed by atoms with van der Waals surface area (Å²) in [6.07, 6.45) is 0. The second-order valence-electron chi connectivity index (χ2n) is 3.78. The standard InChI is InChI=1S/C12H14O4/c1-9(13)16-8-12(2,11(14)15)10-6-4-3-5-7-10/h3-7H,8H2,1-2H3,(H,14,15). The molecule has 0 heterocycles. The van der Waals surface area contributed by atoms with Crippen LogP contribution in [0.15, 0.2) is 30.3 Å². The first-order valence-electron chi connectivity index (χ1n) is 4.89. The smallest absolute Gasteiger partial charge is 0.317 e. The molecule has 86 valence electrons. The van der Waals surface area contributed by atoms with E-state index < -0.39 is 17.4 Å². The number of ether oxygens (including phenoxy) is 1. The van der Waals surface area contributed by atoms with E-state index in [1.165, 1.54) is 13.8 Å². The van der Waals surface area contributed by atoms with Gasteiger partial charge in [-0.05, 0) is 12.5 Å². The van der Waals surface area contributed by atoms with Crippen LogP contribution in [0.1, 0.15) is 19.4 Å². The van der Waals surface area contributed by atoms with Crippen molar-refractivity contribution >= 4 is 11.9 Å². The first kappa shape index (κ1) is 12.2. The van der Waals surface area contributed by atoms with Crippen molar-refractivity contribution in [1.29, 1.82) is 0 Å². The summed E-state index contributed by atoms with van der Waals surface area (Å²) in [5.74, 6) is -1.50. The number of benzene rings is 1. The first-order chi connectivity index (χ1) is 7.47. The molecule has 0 saturated heterocycles. The monoisotopic (exact) mass is 222 g/mol. The van der Waals surface area contributed by atoms with E-state index in [9.17, 15) is 14.7 Å². The molecule has 0 radical (unpaired) electrons. The molecule has 0 aliphatic rings. The van der Waals surface area contributed by atoms with Crippen LogP contribution in [0.4, 0.5) is 0 Å². The van der Waals surface area contributed by atoms with Gasteiger partial charge in [-0.25, -0.2) is 0 Å². The number of aliphatic carboxylic acids is 1. The summed E-state index contributed by atoms with van der Waals surface area (Å²) in [7, 11) is 0. The third kappa shape index (κ3) is 2.59. The summed E-state index contributed by atoms with van der Waals surface area (Å²) in [6, 6.07) is 8.72. The summed E-state index contributed by atoms with van der Waals surface area (Å²) in [5.41, 5.74) is -0.587. The maximum atomic E-state index is 11.2. The van der Waals surface area contributed by atoms with Crippen LogP contribution in [0.5, 0.6) is 0 Å². The number of hydrogen-bond donors (Lipinski definition) is 1. The van der Waals surface area contributed by atoms with Crippen molar-refractivity contribution in [3.63, 3.8) is 0 Å². The lowest BCUT2D eigenvalue weighted by Crippen LogP contribution is -2.38. The van der Waals surface area contributed by atoms with Gasteiger partial charge < -0.3 is 9.84 Å². The van der Waals surface area contributed by atoms with Crippen LogP contribution in [-0.2, 0) is 19.7 Å². The summed E-state index contributed by atoms with van der Waals surface area (Å²) in [4.78, 5) is 22.0. The van der Waals surface area contributed by atoms with Crippen molar-refractivity contribution in [3.8, 4) is 0 Å². The molecule has 1 aromatic carbocycles. The molecule has 0 saturated carbocycles. The maximum absolute atomic E-state index is 11.2. The molecule has 0 fully saturated rings. The van der Waals surface area contributed by atoms with E-state index in [1.807, 2.05) is 0 Å². The molecule has 0 aliphatic heterocycles. The Bertz CT molecular complexity index is 385. The molecular weight excluding hydrogens is 208 g/mol. The van der Waals surface area contributed by atoms with Crippen molar-refractivity contribution in [2.75, 3.05) is 6.61 Å². The zero-order valence-electron chi connectivity index (χ0n) is 9.27. The summed E-state index contributed by atoms with van der Waals surface area (Å²) in [6.45, 7) is 2.63. The first-order valence-corrected chi connectivity index (χ1v) is 4.89. The third-order valence-corrected chi connectivity index (χ3v) is 2.45. The third-order valence-electron chi connectivity index (χ3n) is 2.45. The van der Waals surface area contributed by atoms with E-state index in [0.717, 1.165) is 0 Å². The fraction of sp³-hybridized carbons (Fsp3) is 0.333. The minimum atomic E-state index is -1.20. The van der Waals surface area contributed by atoms with Gasteiger partial charge >= 0.3 is 11.9 Å². The number of carbonyl (C=O) groups excluding carboxylic acids is 1. The van der Waals surface area contributed by atoms with Crippen LogP contribution >= 0.6 is 0 Å². The second kappa shape index (κ2) is 4.79. The second-order valence-corrected chi connectivity index (χ2v) is 3.78. The minimum Gasteiger partial charge on any atom is -0.480 e. The Morgan fingerprint density at radius 3 is 2.31 bits per heavy atom. The van der Waals surface area contributed by atoms with E-state index in [2.05, 4.69) is 0 Å². The Labute approximate surface area is 93.9 Å².